The van der Waals surface area contributed by atoms with Crippen molar-refractivity contribution in [1.29, 1.82) is 0 Å². The van der Waals surface area contributed by atoms with Crippen LogP contribution in [-0.2, 0) is 24.3 Å². The average molecular weight is 420 g/mol. The third-order valence-corrected chi connectivity index (χ3v) is 5.83. The summed E-state index contributed by atoms with van der Waals surface area (Å²) >= 11 is 1.59. The molecule has 0 atom stereocenters. The number of nitrogens with one attached hydrogen (secondary N) is 1. The van der Waals surface area contributed by atoms with Crippen LogP contribution in [0.4, 0.5) is 5.69 Å². The minimum atomic E-state index is -0.477. The molecule has 0 aliphatic rings. The van der Waals surface area contributed by atoms with Gasteiger partial charge in [-0.15, -0.1) is 11.3 Å². The molecule has 6 nitrogen and oxygen atoms in total. The van der Waals surface area contributed by atoms with Crippen LogP contribution in [0.5, 0.6) is 0 Å². The number of amides is 1. The number of carbonyl (C=O) groups excluding carboxylic acids is 1. The van der Waals surface area contributed by atoms with Crippen molar-refractivity contribution in [2.24, 2.45) is 0 Å². The number of anilines is 1. The Morgan fingerprint density at radius 2 is 1.83 bits per heavy atom. The number of fused-ring (bicyclic) bond motifs is 1. The van der Waals surface area contributed by atoms with E-state index in [1.165, 1.54) is 9.13 Å². The van der Waals surface area contributed by atoms with Crippen LogP contribution >= 0.6 is 11.3 Å². The van der Waals surface area contributed by atoms with Crippen LogP contribution in [0.1, 0.15) is 10.4 Å². The topological polar surface area (TPSA) is 73.1 Å². The first kappa shape index (κ1) is 19.8. The molecule has 0 bridgehead atoms. The van der Waals surface area contributed by atoms with Gasteiger partial charge in [-0.3, -0.25) is 18.7 Å². The normalized spacial score (nSPS) is 11.0. The first-order valence-electron chi connectivity index (χ1n) is 9.64. The average Bonchev–Trinajstić information content (AvgIpc) is 3.25. The fourth-order valence-electron chi connectivity index (χ4n) is 3.46. The van der Waals surface area contributed by atoms with Crippen molar-refractivity contribution in [2.45, 2.75) is 26.4 Å². The Labute approximate surface area is 177 Å². The highest BCUT2D eigenvalue weighted by molar-refractivity contribution is 7.09. The van der Waals surface area contributed by atoms with E-state index in [1.807, 2.05) is 42.6 Å². The molecule has 30 heavy (non-hydrogen) atoms. The summed E-state index contributed by atoms with van der Waals surface area (Å²) in [5.74, 6) is -0.323. The van der Waals surface area contributed by atoms with Gasteiger partial charge in [0.15, 0.2) is 0 Å². The molecule has 0 radical (unpaired) electrons. The van der Waals surface area contributed by atoms with Crippen LogP contribution in [0, 0.1) is 6.92 Å². The van der Waals surface area contributed by atoms with Crippen LogP contribution < -0.4 is 16.6 Å². The Kier molecular flexibility index (Phi) is 5.63. The SMILES string of the molecule is Cc1cccc(NC(=O)Cn2c(=O)n(CCc3cccs3)c(=O)c3ccccc32)c1. The zero-order chi connectivity index (χ0) is 21.1. The summed E-state index contributed by atoms with van der Waals surface area (Å²) < 4.78 is 2.60. The zero-order valence-corrected chi connectivity index (χ0v) is 17.3. The summed E-state index contributed by atoms with van der Waals surface area (Å²) in [4.78, 5) is 39.9. The number of nitrogens with zero attached hydrogens (tertiary/aromatic N) is 2. The highest BCUT2D eigenvalue weighted by atomic mass is 32.1. The van der Waals surface area contributed by atoms with Crippen LogP contribution in [0.25, 0.3) is 10.9 Å². The molecular formula is C23H21N3O3S. The number of hydrogen-bond acceptors (Lipinski definition) is 4. The van der Waals surface area contributed by atoms with Crippen molar-refractivity contribution in [1.82, 2.24) is 9.13 Å². The van der Waals surface area contributed by atoms with E-state index >= 15 is 0 Å². The molecule has 0 saturated heterocycles. The van der Waals surface area contributed by atoms with Gasteiger partial charge >= 0.3 is 5.69 Å². The molecule has 0 saturated carbocycles. The number of para-hydroxylation sites is 1. The van der Waals surface area contributed by atoms with Gasteiger partial charge in [0.2, 0.25) is 5.91 Å². The zero-order valence-electron chi connectivity index (χ0n) is 16.5. The van der Waals surface area contributed by atoms with Crippen molar-refractivity contribution in [2.75, 3.05) is 5.32 Å². The molecular weight excluding hydrogens is 398 g/mol. The lowest BCUT2D eigenvalue weighted by atomic mass is 10.2. The molecule has 7 heteroatoms. The second kappa shape index (κ2) is 8.51. The quantitative estimate of drug-likeness (QED) is 0.521. The Morgan fingerprint density at radius 1 is 1.00 bits per heavy atom. The molecule has 1 amide bonds. The molecule has 0 fully saturated rings. The molecule has 152 valence electrons. The third-order valence-electron chi connectivity index (χ3n) is 4.90. The summed E-state index contributed by atoms with van der Waals surface area (Å²) in [6.45, 7) is 2.03. The summed E-state index contributed by atoms with van der Waals surface area (Å²) in [5, 5.41) is 5.21. The summed E-state index contributed by atoms with van der Waals surface area (Å²) in [6, 6.07) is 18.3. The molecule has 4 aromatic rings. The minimum Gasteiger partial charge on any atom is -0.325 e. The maximum atomic E-state index is 13.2. The molecule has 1 N–H and O–H groups in total. The van der Waals surface area contributed by atoms with Gasteiger partial charge in [-0.05, 0) is 54.6 Å². The Bertz CT molecular complexity index is 1320. The van der Waals surface area contributed by atoms with E-state index in [4.69, 9.17) is 0 Å². The van der Waals surface area contributed by atoms with Crippen molar-refractivity contribution >= 4 is 33.8 Å². The van der Waals surface area contributed by atoms with Crippen molar-refractivity contribution in [3.8, 4) is 0 Å². The van der Waals surface area contributed by atoms with E-state index in [1.54, 1.807) is 41.7 Å². The predicted octanol–water partition coefficient (Wildman–Crippen LogP) is 3.41. The molecule has 2 aromatic heterocycles. The maximum absolute atomic E-state index is 13.2. The lowest BCUT2D eigenvalue weighted by Gasteiger charge is -2.14. The summed E-state index contributed by atoms with van der Waals surface area (Å²) in [6.07, 6.45) is 0.584. The van der Waals surface area contributed by atoms with E-state index < -0.39 is 5.69 Å². The molecule has 4 rings (SSSR count). The maximum Gasteiger partial charge on any atom is 0.331 e. The number of aromatic nitrogens is 2. The largest absolute Gasteiger partial charge is 0.331 e. The first-order chi connectivity index (χ1) is 14.5. The highest BCUT2D eigenvalue weighted by Crippen LogP contribution is 2.12. The minimum absolute atomic E-state index is 0.174. The second-order valence-corrected chi connectivity index (χ2v) is 8.12. The van der Waals surface area contributed by atoms with E-state index in [0.29, 0.717) is 23.0 Å². The van der Waals surface area contributed by atoms with Gasteiger partial charge in [0.25, 0.3) is 5.56 Å². The van der Waals surface area contributed by atoms with Gasteiger partial charge in [-0.1, -0.05) is 30.3 Å². The van der Waals surface area contributed by atoms with Crippen LogP contribution in [-0.4, -0.2) is 15.0 Å². The van der Waals surface area contributed by atoms with Gasteiger partial charge in [-0.25, -0.2) is 4.79 Å². The van der Waals surface area contributed by atoms with E-state index in [2.05, 4.69) is 5.32 Å². The Morgan fingerprint density at radius 3 is 2.60 bits per heavy atom. The van der Waals surface area contributed by atoms with Gasteiger partial charge in [0, 0.05) is 17.1 Å². The highest BCUT2D eigenvalue weighted by Gasteiger charge is 2.15. The van der Waals surface area contributed by atoms with Crippen molar-refractivity contribution in [3.63, 3.8) is 0 Å². The van der Waals surface area contributed by atoms with Gasteiger partial charge in [0.1, 0.15) is 6.54 Å². The van der Waals surface area contributed by atoms with Gasteiger partial charge < -0.3 is 5.32 Å². The molecule has 0 aliphatic carbocycles. The summed E-state index contributed by atoms with van der Waals surface area (Å²) in [5.41, 5.74) is 1.34. The van der Waals surface area contributed by atoms with Crippen molar-refractivity contribution < 1.29 is 4.79 Å². The lowest BCUT2D eigenvalue weighted by Crippen LogP contribution is -2.42. The lowest BCUT2D eigenvalue weighted by molar-refractivity contribution is -0.116. The number of hydrogen-bond donors (Lipinski definition) is 1. The molecule has 0 unspecified atom stereocenters. The fourth-order valence-corrected chi connectivity index (χ4v) is 4.16. The summed E-state index contributed by atoms with van der Waals surface area (Å²) in [7, 11) is 0. The molecule has 0 aliphatic heterocycles. The van der Waals surface area contributed by atoms with Gasteiger partial charge in [-0.2, -0.15) is 0 Å². The molecule has 2 aromatic carbocycles. The third kappa shape index (κ3) is 4.11. The second-order valence-electron chi connectivity index (χ2n) is 7.09. The Hall–Kier alpha value is -3.45. The number of carbonyl (C=O) groups is 1. The van der Waals surface area contributed by atoms with E-state index in [0.717, 1.165) is 10.4 Å². The van der Waals surface area contributed by atoms with Crippen LogP contribution in [0.15, 0.2) is 75.6 Å². The first-order valence-corrected chi connectivity index (χ1v) is 10.5. The number of rotatable bonds is 6. The monoisotopic (exact) mass is 419 g/mol. The van der Waals surface area contributed by atoms with E-state index in [-0.39, 0.29) is 24.6 Å². The number of benzene rings is 2. The predicted molar refractivity (Wildman–Crippen MR) is 120 cm³/mol. The van der Waals surface area contributed by atoms with Crippen LogP contribution in [0.2, 0.25) is 0 Å². The van der Waals surface area contributed by atoms with Gasteiger partial charge in [0.05, 0.1) is 10.9 Å². The van der Waals surface area contributed by atoms with Crippen molar-refractivity contribution in [3.05, 3.63) is 97.3 Å². The number of aryl methyl sites for hydroxylation is 2. The van der Waals surface area contributed by atoms with E-state index in [9.17, 15) is 14.4 Å². The molecule has 0 spiro atoms. The number of thiophene rings is 1. The Balaban J connectivity index is 1.70. The standard InChI is InChI=1S/C23H21N3O3S/c1-16-6-4-7-17(14-16)24-21(27)15-26-20-10-3-2-9-19(20)22(28)25(23(26)29)12-11-18-8-5-13-30-18/h2-10,13-14H,11-12,15H2,1H3,(H,24,27). The fraction of sp³-hybridized carbons (Fsp3) is 0.174. The molecule has 2 heterocycles. The van der Waals surface area contributed by atoms with Crippen LogP contribution in [0.3, 0.4) is 0 Å². The smallest absolute Gasteiger partial charge is 0.325 e.